The van der Waals surface area contributed by atoms with Crippen LogP contribution >= 0.6 is 45.3 Å². The molecule has 0 aliphatic carbocycles. The summed E-state index contributed by atoms with van der Waals surface area (Å²) in [5.74, 6) is -0.342. The summed E-state index contributed by atoms with van der Waals surface area (Å²) in [6, 6.07) is 5.79. The number of rotatable bonds is 13. The number of aryl methyl sites for hydroxylation is 6. The number of carbonyl (C=O) groups is 3. The molecule has 20 heteroatoms. The zero-order chi connectivity index (χ0) is 48.3. The molecular weight excluding hydrogens is 982 g/mol. The molecule has 4 aromatic rings. The van der Waals surface area contributed by atoms with Crippen LogP contribution in [0, 0.1) is 37.1 Å². The second-order valence-corrected chi connectivity index (χ2v) is 18.9. The third-order valence-electron chi connectivity index (χ3n) is 7.99. The molecule has 5 N–H and O–H groups in total. The number of aliphatic hydroxyl groups excluding tert-OH is 1. The first-order valence-corrected chi connectivity index (χ1v) is 22.6. The molecule has 1 unspecified atom stereocenters. The van der Waals surface area contributed by atoms with E-state index in [0.29, 0.717) is 31.2 Å². The van der Waals surface area contributed by atoms with Gasteiger partial charge in [-0.15, -0.1) is 22.7 Å². The van der Waals surface area contributed by atoms with Crippen LogP contribution in [-0.4, -0.2) is 68.1 Å². The van der Waals surface area contributed by atoms with Crippen LogP contribution in [0.5, 0.6) is 0 Å². The van der Waals surface area contributed by atoms with Crippen molar-refractivity contribution in [1.82, 2.24) is 20.7 Å². The Kier molecular flexibility index (Phi) is 23.4. The van der Waals surface area contributed by atoms with Crippen molar-refractivity contribution in [2.45, 2.75) is 122 Å². The van der Waals surface area contributed by atoms with Gasteiger partial charge in [0, 0.05) is 35.1 Å². The first-order valence-electron chi connectivity index (χ1n) is 20.3. The molecule has 1 fully saturated rings. The van der Waals surface area contributed by atoms with Gasteiger partial charge in [-0.1, -0.05) is 46.9 Å². The minimum Gasteiger partial charge on any atom is -0.459 e. The van der Waals surface area contributed by atoms with Crippen molar-refractivity contribution in [2.24, 2.45) is 5.84 Å². The summed E-state index contributed by atoms with van der Waals surface area (Å²) >= 11 is 4.61. The van der Waals surface area contributed by atoms with E-state index >= 15 is 0 Å². The van der Waals surface area contributed by atoms with Crippen LogP contribution in [0.3, 0.4) is 0 Å². The molecule has 1 amide bonds. The number of nitrogens with zero attached hydrogens (tertiary/aromatic N) is 2. The Hall–Kier alpha value is -3.80. The number of nitrogens with two attached hydrogens (primary N) is 1. The van der Waals surface area contributed by atoms with Crippen molar-refractivity contribution < 1.29 is 57.4 Å². The molecular formula is C43H58F4IN5O8S2. The number of halogens is 5. The molecule has 0 spiro atoms. The lowest BCUT2D eigenvalue weighted by Crippen LogP contribution is -2.40. The predicted molar refractivity (Wildman–Crippen MR) is 242 cm³/mol. The average molecular weight is 1040 g/mol. The summed E-state index contributed by atoms with van der Waals surface area (Å²) in [5, 5.41) is 16.8. The van der Waals surface area contributed by atoms with Gasteiger partial charge < -0.3 is 29.4 Å². The van der Waals surface area contributed by atoms with Crippen LogP contribution in [0.4, 0.5) is 22.4 Å². The highest BCUT2D eigenvalue weighted by Gasteiger charge is 2.22. The van der Waals surface area contributed by atoms with Gasteiger partial charge in [0.2, 0.25) is 0 Å². The number of ether oxygens (including phenoxy) is 4. The molecule has 63 heavy (non-hydrogen) atoms. The number of esters is 2. The lowest BCUT2D eigenvalue weighted by atomic mass is 10.0. The van der Waals surface area contributed by atoms with Crippen molar-refractivity contribution in [3.05, 3.63) is 102 Å². The van der Waals surface area contributed by atoms with Crippen molar-refractivity contribution in [3.63, 3.8) is 0 Å². The maximum Gasteiger partial charge on any atom is 0.408 e. The zero-order valence-electron chi connectivity index (χ0n) is 37.7. The summed E-state index contributed by atoms with van der Waals surface area (Å²) in [5.41, 5.74) is 2.93. The van der Waals surface area contributed by atoms with Gasteiger partial charge in [-0.25, -0.2) is 42.5 Å². The molecule has 0 radical (unpaired) electrons. The number of benzene rings is 2. The number of nitrogens with one attached hydrogen (secondary N) is 2. The lowest BCUT2D eigenvalue weighted by Gasteiger charge is -2.21. The van der Waals surface area contributed by atoms with E-state index in [9.17, 15) is 31.9 Å². The topological polar surface area (TPSA) is 184 Å². The van der Waals surface area contributed by atoms with Gasteiger partial charge in [-0.2, -0.15) is 0 Å². The molecule has 1 aliphatic heterocycles. The van der Waals surface area contributed by atoms with E-state index in [1.54, 1.807) is 75.5 Å². The van der Waals surface area contributed by atoms with E-state index in [1.807, 2.05) is 30.0 Å². The Morgan fingerprint density at radius 3 is 1.65 bits per heavy atom. The fraction of sp³-hybridized carbons (Fsp3) is 0.512. The molecule has 5 rings (SSSR count). The number of hydrogen-bond donors (Lipinski definition) is 4. The Bertz CT molecular complexity index is 2100. The van der Waals surface area contributed by atoms with Gasteiger partial charge in [0.25, 0.3) is 0 Å². The van der Waals surface area contributed by atoms with Crippen molar-refractivity contribution in [1.29, 1.82) is 0 Å². The monoisotopic (exact) mass is 1040 g/mol. The van der Waals surface area contributed by atoms with E-state index in [0.717, 1.165) is 34.6 Å². The number of thiazole rings is 2. The molecule has 1 atom stereocenters. The largest absolute Gasteiger partial charge is 0.459 e. The zero-order valence-corrected chi connectivity index (χ0v) is 40.5. The molecule has 2 aromatic carbocycles. The molecule has 3 heterocycles. The number of hydrazine groups is 1. The highest BCUT2D eigenvalue weighted by molar-refractivity contribution is 14.1. The average Bonchev–Trinajstić information content (AvgIpc) is 4.02. The summed E-state index contributed by atoms with van der Waals surface area (Å²) in [6.07, 6.45) is 3.58. The molecule has 13 nitrogen and oxygen atoms in total. The molecule has 1 aliphatic rings. The van der Waals surface area contributed by atoms with E-state index in [-0.39, 0.29) is 16.7 Å². The first-order chi connectivity index (χ1) is 29.8. The highest BCUT2D eigenvalue weighted by Crippen LogP contribution is 2.21. The highest BCUT2D eigenvalue weighted by atomic mass is 127. The predicted octanol–water partition coefficient (Wildman–Crippen LogP) is 8.44. The molecule has 1 saturated heterocycles. The molecule has 0 bridgehead atoms. The number of hydrogen-bond acceptors (Lipinski definition) is 14. The second-order valence-electron chi connectivity index (χ2n) is 15.7. The fourth-order valence-electron chi connectivity index (χ4n) is 5.01. The summed E-state index contributed by atoms with van der Waals surface area (Å²) in [4.78, 5) is 42.9. The SMILES string of the molecule is C1CCOC1.Cc1nc(CCc2ccc(CO)c(F)c2F)cs1.Cc1nc(CCc2ccc(COC(=O)CNC(=O)OC(C)(C)C)c(F)c2F)cs1.[2H]C(I)(NN)C(=O)OC(C)(C)C. The Balaban J connectivity index is 0.000000339. The number of carbonyl (C=O) groups excluding carboxylic acids is 3. The van der Waals surface area contributed by atoms with Gasteiger partial charge >= 0.3 is 18.0 Å². The van der Waals surface area contributed by atoms with Crippen LogP contribution in [0.2, 0.25) is 0 Å². The number of alkyl carbamates (subject to hydrolysis) is 1. The maximum absolute atomic E-state index is 14.3. The Labute approximate surface area is 389 Å². The third kappa shape index (κ3) is 22.1. The third-order valence-corrected chi connectivity index (χ3v) is 10.4. The minimum absolute atomic E-state index is 0.0132. The Morgan fingerprint density at radius 1 is 0.810 bits per heavy atom. The number of aromatic nitrogens is 2. The lowest BCUT2D eigenvalue weighted by molar-refractivity contribution is -0.154. The van der Waals surface area contributed by atoms with Crippen molar-refractivity contribution in [3.8, 4) is 0 Å². The van der Waals surface area contributed by atoms with Crippen LogP contribution < -0.4 is 16.6 Å². The maximum atomic E-state index is 14.3. The summed E-state index contributed by atoms with van der Waals surface area (Å²) in [7, 11) is 0. The summed E-state index contributed by atoms with van der Waals surface area (Å²) in [6.45, 7) is 14.7. The van der Waals surface area contributed by atoms with E-state index < -0.39 is 76.3 Å². The van der Waals surface area contributed by atoms with Crippen LogP contribution in [0.1, 0.15) is 99.4 Å². The molecule has 0 saturated carbocycles. The smallest absolute Gasteiger partial charge is 0.408 e. The van der Waals surface area contributed by atoms with Gasteiger partial charge in [-0.05, 0) is 105 Å². The normalized spacial score (nSPS) is 13.4. The summed E-state index contributed by atoms with van der Waals surface area (Å²) < 4.78 is 81.1. The van der Waals surface area contributed by atoms with Gasteiger partial charge in [0.05, 0.1) is 29.4 Å². The fourth-order valence-corrected chi connectivity index (χ4v) is 6.41. The van der Waals surface area contributed by atoms with Gasteiger partial charge in [0.15, 0.2) is 27.3 Å². The van der Waals surface area contributed by atoms with Crippen molar-refractivity contribution in [2.75, 3.05) is 19.8 Å². The number of amides is 1. The number of aliphatic hydroxyl groups is 1. The Morgan fingerprint density at radius 2 is 1.25 bits per heavy atom. The minimum atomic E-state index is -1.61. The standard InChI is InChI=1S/C20H24F2N2O4S.C13H13F2NOS.C6H13IN2O2.C4H8O/c1-12-24-15(11-29-12)8-7-13-5-6-14(18(22)17(13)21)10-27-16(25)9-23-19(26)28-20(2,3)4;1-8-16-11(7-18-8)5-4-9-2-3-10(6-17)13(15)12(9)14;1-6(2,3)11-5(10)4(7)9-8;1-2-4-5-3-1/h5-6,11H,7-10H2,1-4H3,(H,23,26);2-3,7,17H,4-6H2,1H3;4,9H,8H2,1-3H3;1-4H2/i;;4D;. The molecule has 2 aromatic heterocycles. The number of alkyl halides is 1. The van der Waals surface area contributed by atoms with Gasteiger partial charge in [-0.3, -0.25) is 10.6 Å². The van der Waals surface area contributed by atoms with E-state index in [1.165, 1.54) is 48.4 Å². The van der Waals surface area contributed by atoms with Crippen molar-refractivity contribution >= 4 is 63.3 Å². The quantitative estimate of drug-likeness (QED) is 0.0147. The van der Waals surface area contributed by atoms with Gasteiger partial charge in [0.1, 0.15) is 24.4 Å². The van der Waals surface area contributed by atoms with Crippen LogP contribution in [0.15, 0.2) is 35.0 Å². The van der Waals surface area contributed by atoms with Crippen LogP contribution in [0.25, 0.3) is 0 Å². The van der Waals surface area contributed by atoms with E-state index in [4.69, 9.17) is 31.3 Å². The van der Waals surface area contributed by atoms with Crippen LogP contribution in [-0.2, 0) is 67.4 Å². The van der Waals surface area contributed by atoms with E-state index in [2.05, 4.69) is 15.3 Å². The first kappa shape index (κ1) is 53.5. The molecule has 350 valence electrons. The second kappa shape index (κ2) is 27.5.